The van der Waals surface area contributed by atoms with Gasteiger partial charge >= 0.3 is 5.97 Å². The number of hydrogen-bond donors (Lipinski definition) is 1. The van der Waals surface area contributed by atoms with E-state index < -0.39 is 11.9 Å². The van der Waals surface area contributed by atoms with Gasteiger partial charge in [0.15, 0.2) is 5.76 Å². The summed E-state index contributed by atoms with van der Waals surface area (Å²) in [5.74, 6) is 0.0561. The maximum atomic E-state index is 12.5. The molecule has 1 amide bonds. The van der Waals surface area contributed by atoms with Crippen molar-refractivity contribution in [2.75, 3.05) is 19.0 Å². The van der Waals surface area contributed by atoms with Crippen molar-refractivity contribution in [2.24, 2.45) is 0 Å². The first-order valence-corrected chi connectivity index (χ1v) is 9.16. The van der Waals surface area contributed by atoms with Crippen molar-refractivity contribution in [3.63, 3.8) is 0 Å². The van der Waals surface area contributed by atoms with Gasteiger partial charge in [-0.3, -0.25) is 4.79 Å². The number of carbonyl (C=O) groups is 2. The zero-order valence-electron chi connectivity index (χ0n) is 15.2. The quantitative estimate of drug-likeness (QED) is 0.619. The van der Waals surface area contributed by atoms with Gasteiger partial charge < -0.3 is 19.2 Å². The van der Waals surface area contributed by atoms with E-state index >= 15 is 0 Å². The first-order valence-electron chi connectivity index (χ1n) is 8.34. The normalized spacial score (nSPS) is 10.5. The summed E-state index contributed by atoms with van der Waals surface area (Å²) in [6.07, 6.45) is 1.45. The number of thiophene rings is 1. The summed E-state index contributed by atoms with van der Waals surface area (Å²) in [5.41, 5.74) is 2.02. The van der Waals surface area contributed by atoms with Crippen LogP contribution in [-0.2, 0) is 4.74 Å². The van der Waals surface area contributed by atoms with Gasteiger partial charge in [0.1, 0.15) is 10.6 Å². The molecule has 0 unspecified atom stereocenters. The van der Waals surface area contributed by atoms with Crippen LogP contribution in [0.3, 0.4) is 0 Å². The molecule has 1 N–H and O–H groups in total. The predicted molar refractivity (Wildman–Crippen MR) is 104 cm³/mol. The molecule has 1 aromatic carbocycles. The number of benzene rings is 1. The molecule has 0 bridgehead atoms. The molecule has 0 spiro atoms. The lowest BCUT2D eigenvalue weighted by molar-refractivity contribution is 0.0533. The molecule has 3 rings (SSSR count). The van der Waals surface area contributed by atoms with Crippen molar-refractivity contribution in [2.45, 2.75) is 13.8 Å². The van der Waals surface area contributed by atoms with Gasteiger partial charge in [0.2, 0.25) is 0 Å². The molecule has 0 aliphatic rings. The van der Waals surface area contributed by atoms with E-state index in [2.05, 4.69) is 5.32 Å². The number of amides is 1. The SMILES string of the molecule is CCOC(=O)c1sc(-c2ccc(OC)cc2)cc1NC(=O)c1occc1C. The first-order chi connectivity index (χ1) is 13.0. The summed E-state index contributed by atoms with van der Waals surface area (Å²) in [6, 6.07) is 10.9. The molecule has 140 valence electrons. The number of nitrogens with one attached hydrogen (secondary N) is 1. The van der Waals surface area contributed by atoms with Crippen molar-refractivity contribution in [1.29, 1.82) is 0 Å². The van der Waals surface area contributed by atoms with Gasteiger partial charge in [0.05, 0.1) is 25.7 Å². The Kier molecular flexibility index (Phi) is 5.61. The highest BCUT2D eigenvalue weighted by Gasteiger charge is 2.22. The molecule has 0 saturated carbocycles. The lowest BCUT2D eigenvalue weighted by Gasteiger charge is -2.05. The summed E-state index contributed by atoms with van der Waals surface area (Å²) < 4.78 is 15.5. The molecule has 6 nitrogen and oxygen atoms in total. The lowest BCUT2D eigenvalue weighted by Crippen LogP contribution is -2.14. The van der Waals surface area contributed by atoms with E-state index in [-0.39, 0.29) is 12.4 Å². The molecule has 0 saturated heterocycles. The lowest BCUT2D eigenvalue weighted by atomic mass is 10.1. The second-order valence-corrected chi connectivity index (χ2v) is 6.74. The minimum atomic E-state index is -0.478. The molecule has 2 aromatic heterocycles. The topological polar surface area (TPSA) is 77.8 Å². The van der Waals surface area contributed by atoms with Gasteiger partial charge in [0.25, 0.3) is 5.91 Å². The van der Waals surface area contributed by atoms with E-state index in [0.717, 1.165) is 21.8 Å². The fraction of sp³-hybridized carbons (Fsp3) is 0.200. The summed E-state index contributed by atoms with van der Waals surface area (Å²) in [6.45, 7) is 3.76. The van der Waals surface area contributed by atoms with Crippen LogP contribution in [-0.4, -0.2) is 25.6 Å². The van der Waals surface area contributed by atoms with Crippen molar-refractivity contribution >= 4 is 28.9 Å². The molecule has 0 atom stereocenters. The summed E-state index contributed by atoms with van der Waals surface area (Å²) >= 11 is 1.26. The van der Waals surface area contributed by atoms with Gasteiger partial charge in [-0.05, 0) is 55.8 Å². The molecule has 0 aliphatic carbocycles. The molecule has 7 heteroatoms. The Morgan fingerprint density at radius 1 is 1.19 bits per heavy atom. The highest BCUT2D eigenvalue weighted by molar-refractivity contribution is 7.18. The van der Waals surface area contributed by atoms with Crippen LogP contribution in [0.1, 0.15) is 32.7 Å². The molecular weight excluding hydrogens is 366 g/mol. The zero-order valence-corrected chi connectivity index (χ0v) is 16.0. The van der Waals surface area contributed by atoms with Crippen molar-refractivity contribution < 1.29 is 23.5 Å². The number of furan rings is 1. The standard InChI is InChI=1S/C20H19NO5S/c1-4-25-20(23)18-15(21-19(22)17-12(2)9-10-26-17)11-16(27-18)13-5-7-14(24-3)8-6-13/h5-11H,4H2,1-3H3,(H,21,22). The summed E-state index contributed by atoms with van der Waals surface area (Å²) in [7, 11) is 1.60. The average Bonchev–Trinajstić information content (AvgIpc) is 3.28. The van der Waals surface area contributed by atoms with Crippen LogP contribution >= 0.6 is 11.3 Å². The number of aryl methyl sites for hydroxylation is 1. The number of ether oxygens (including phenoxy) is 2. The van der Waals surface area contributed by atoms with Crippen LogP contribution in [0.25, 0.3) is 10.4 Å². The molecular formula is C20H19NO5S. The van der Waals surface area contributed by atoms with E-state index in [1.807, 2.05) is 24.3 Å². The maximum absolute atomic E-state index is 12.5. The van der Waals surface area contributed by atoms with E-state index in [1.165, 1.54) is 17.6 Å². The molecule has 0 aliphatic heterocycles. The smallest absolute Gasteiger partial charge is 0.350 e. The molecule has 3 aromatic rings. The minimum absolute atomic E-state index is 0.210. The number of esters is 1. The average molecular weight is 385 g/mol. The first kappa shape index (κ1) is 18.7. The Labute approximate surface area is 160 Å². The van der Waals surface area contributed by atoms with Gasteiger partial charge in [-0.2, -0.15) is 0 Å². The monoisotopic (exact) mass is 385 g/mol. The number of methoxy groups -OCH3 is 1. The Morgan fingerprint density at radius 3 is 2.52 bits per heavy atom. The highest BCUT2D eigenvalue weighted by atomic mass is 32.1. The van der Waals surface area contributed by atoms with Gasteiger partial charge in [-0.1, -0.05) is 0 Å². The van der Waals surface area contributed by atoms with Crippen LogP contribution in [0.4, 0.5) is 5.69 Å². The summed E-state index contributed by atoms with van der Waals surface area (Å²) in [4.78, 5) is 26.0. The Bertz CT molecular complexity index is 955. The van der Waals surface area contributed by atoms with Gasteiger partial charge in [-0.25, -0.2) is 4.79 Å². The number of hydrogen-bond acceptors (Lipinski definition) is 6. The van der Waals surface area contributed by atoms with Crippen LogP contribution < -0.4 is 10.1 Å². The molecule has 2 heterocycles. The second kappa shape index (κ2) is 8.09. The van der Waals surface area contributed by atoms with Crippen molar-refractivity contribution in [3.05, 3.63) is 58.9 Å². The van der Waals surface area contributed by atoms with E-state index in [4.69, 9.17) is 13.9 Å². The fourth-order valence-electron chi connectivity index (χ4n) is 2.51. The molecule has 27 heavy (non-hydrogen) atoms. The second-order valence-electron chi connectivity index (χ2n) is 5.69. The van der Waals surface area contributed by atoms with Crippen molar-refractivity contribution in [3.8, 4) is 16.2 Å². The van der Waals surface area contributed by atoms with Crippen LogP contribution in [0.5, 0.6) is 5.75 Å². The number of anilines is 1. The van der Waals surface area contributed by atoms with Crippen LogP contribution in [0.2, 0.25) is 0 Å². The fourth-order valence-corrected chi connectivity index (χ4v) is 3.53. The third kappa shape index (κ3) is 4.03. The maximum Gasteiger partial charge on any atom is 0.350 e. The Balaban J connectivity index is 1.95. The highest BCUT2D eigenvalue weighted by Crippen LogP contribution is 2.36. The predicted octanol–water partition coefficient (Wildman–Crippen LogP) is 4.75. The van der Waals surface area contributed by atoms with Gasteiger partial charge in [-0.15, -0.1) is 11.3 Å². The van der Waals surface area contributed by atoms with Crippen molar-refractivity contribution in [1.82, 2.24) is 0 Å². The number of carbonyl (C=O) groups excluding carboxylic acids is 2. The molecule has 0 fully saturated rings. The van der Waals surface area contributed by atoms with E-state index in [9.17, 15) is 9.59 Å². The van der Waals surface area contributed by atoms with Gasteiger partial charge in [0, 0.05) is 10.4 Å². The largest absolute Gasteiger partial charge is 0.497 e. The number of rotatable bonds is 6. The van der Waals surface area contributed by atoms with Crippen LogP contribution in [0, 0.1) is 6.92 Å². The third-order valence-electron chi connectivity index (χ3n) is 3.88. The van der Waals surface area contributed by atoms with Crippen LogP contribution in [0.15, 0.2) is 47.1 Å². The Hall–Kier alpha value is -3.06. The summed E-state index contributed by atoms with van der Waals surface area (Å²) in [5, 5.41) is 2.76. The Morgan fingerprint density at radius 2 is 1.93 bits per heavy atom. The van der Waals surface area contributed by atoms with E-state index in [0.29, 0.717) is 10.6 Å². The third-order valence-corrected chi connectivity index (χ3v) is 5.05. The minimum Gasteiger partial charge on any atom is -0.497 e. The van der Waals surface area contributed by atoms with E-state index in [1.54, 1.807) is 33.1 Å². The zero-order chi connectivity index (χ0) is 19.4. The molecule has 0 radical (unpaired) electrons.